The number of amides is 2. The van der Waals surface area contributed by atoms with Gasteiger partial charge in [0.05, 0.1) is 6.61 Å². The Kier molecular flexibility index (Phi) is 10.4. The number of hydrogen-bond donors (Lipinski definition) is 3. The Balaban J connectivity index is 0. The zero-order valence-corrected chi connectivity index (χ0v) is 9.51. The average molecular weight is 240 g/mol. The molecule has 0 bridgehead atoms. The predicted molar refractivity (Wildman–Crippen MR) is 58.7 cm³/mol. The third-order valence-corrected chi connectivity index (χ3v) is 1.58. The van der Waals surface area contributed by atoms with Crippen LogP contribution >= 0.6 is 12.4 Å². The molecule has 0 fully saturated rings. The van der Waals surface area contributed by atoms with E-state index in [0.717, 1.165) is 0 Å². The van der Waals surface area contributed by atoms with Crippen LogP contribution in [0.25, 0.3) is 0 Å². The van der Waals surface area contributed by atoms with E-state index in [4.69, 9.17) is 16.2 Å². The summed E-state index contributed by atoms with van der Waals surface area (Å²) in [6.07, 6.45) is 1.07. The van der Waals surface area contributed by atoms with Gasteiger partial charge in [-0.25, -0.2) is 4.79 Å². The summed E-state index contributed by atoms with van der Waals surface area (Å²) in [6, 6.07) is -1.20. The van der Waals surface area contributed by atoms with Crippen molar-refractivity contribution in [3.8, 4) is 0 Å². The topological polar surface area (TPSA) is 107 Å². The first-order chi connectivity index (χ1) is 6.57. The van der Waals surface area contributed by atoms with E-state index in [0.29, 0.717) is 26.0 Å². The highest BCUT2D eigenvalue weighted by molar-refractivity contribution is 5.85. The summed E-state index contributed by atoms with van der Waals surface area (Å²) < 4.78 is 4.71. The van der Waals surface area contributed by atoms with Crippen molar-refractivity contribution in [1.29, 1.82) is 0 Å². The number of carbonyl (C=O) groups excluding carboxylic acids is 2. The lowest BCUT2D eigenvalue weighted by molar-refractivity contribution is -0.144. The van der Waals surface area contributed by atoms with Gasteiger partial charge in [0.15, 0.2) is 0 Å². The molecule has 90 valence electrons. The summed E-state index contributed by atoms with van der Waals surface area (Å²) in [4.78, 5) is 21.3. The molecule has 0 radical (unpaired) electrons. The Morgan fingerprint density at radius 1 is 1.47 bits per heavy atom. The van der Waals surface area contributed by atoms with Crippen LogP contribution in [0.1, 0.15) is 19.8 Å². The van der Waals surface area contributed by atoms with Crippen molar-refractivity contribution < 1.29 is 14.3 Å². The Bertz CT molecular complexity index is 202. The van der Waals surface area contributed by atoms with Gasteiger partial charge in [-0.1, -0.05) is 0 Å². The van der Waals surface area contributed by atoms with Gasteiger partial charge in [0.25, 0.3) is 0 Å². The molecule has 0 aromatic rings. The Morgan fingerprint density at radius 3 is 2.53 bits per heavy atom. The first-order valence-corrected chi connectivity index (χ1v) is 4.53. The maximum absolute atomic E-state index is 11.0. The molecule has 6 nitrogen and oxygen atoms in total. The van der Waals surface area contributed by atoms with E-state index >= 15 is 0 Å². The number of urea groups is 1. The Morgan fingerprint density at radius 2 is 2.07 bits per heavy atom. The molecule has 0 saturated carbocycles. The van der Waals surface area contributed by atoms with Gasteiger partial charge in [-0.3, -0.25) is 4.79 Å². The summed E-state index contributed by atoms with van der Waals surface area (Å²) in [5, 5.41) is 2.40. The SMILES string of the molecule is CCOC(=O)[C@@H](N)CCCNC(N)=O.Cl. The molecule has 15 heavy (non-hydrogen) atoms. The van der Waals surface area contributed by atoms with E-state index in [2.05, 4.69) is 5.32 Å². The molecular weight excluding hydrogens is 222 g/mol. The van der Waals surface area contributed by atoms with Crippen LogP contribution in [0.2, 0.25) is 0 Å². The van der Waals surface area contributed by atoms with Crippen LogP contribution in [0, 0.1) is 0 Å². The van der Waals surface area contributed by atoms with Crippen molar-refractivity contribution in [3.05, 3.63) is 0 Å². The number of esters is 1. The number of nitrogens with one attached hydrogen (secondary N) is 1. The van der Waals surface area contributed by atoms with Gasteiger partial charge in [0, 0.05) is 6.54 Å². The van der Waals surface area contributed by atoms with E-state index in [9.17, 15) is 9.59 Å². The molecule has 0 saturated heterocycles. The van der Waals surface area contributed by atoms with Gasteiger partial charge in [-0.15, -0.1) is 12.4 Å². The van der Waals surface area contributed by atoms with Gasteiger partial charge in [-0.2, -0.15) is 0 Å². The fourth-order valence-electron chi connectivity index (χ4n) is 0.901. The third kappa shape index (κ3) is 9.30. The summed E-state index contributed by atoms with van der Waals surface area (Å²) >= 11 is 0. The largest absolute Gasteiger partial charge is 0.465 e. The molecule has 7 heteroatoms. The van der Waals surface area contributed by atoms with Gasteiger partial charge < -0.3 is 21.5 Å². The van der Waals surface area contributed by atoms with Crippen molar-refractivity contribution in [2.75, 3.05) is 13.2 Å². The number of hydrogen-bond acceptors (Lipinski definition) is 4. The smallest absolute Gasteiger partial charge is 0.322 e. The van der Waals surface area contributed by atoms with Crippen molar-refractivity contribution in [2.24, 2.45) is 11.5 Å². The number of primary amides is 1. The molecule has 0 unspecified atom stereocenters. The fourth-order valence-corrected chi connectivity index (χ4v) is 0.901. The lowest BCUT2D eigenvalue weighted by atomic mass is 10.2. The second-order valence-corrected chi connectivity index (χ2v) is 2.79. The lowest BCUT2D eigenvalue weighted by Crippen LogP contribution is -2.34. The molecule has 0 aliphatic rings. The summed E-state index contributed by atoms with van der Waals surface area (Å²) in [6.45, 7) is 2.47. The second kappa shape index (κ2) is 9.54. The zero-order chi connectivity index (χ0) is 11.0. The number of carbonyl (C=O) groups is 2. The van der Waals surface area contributed by atoms with Crippen LogP contribution in [-0.2, 0) is 9.53 Å². The standard InChI is InChI=1S/C8H17N3O3.ClH/c1-2-14-7(12)6(9)4-3-5-11-8(10)13;/h6H,2-5,9H2,1H3,(H3,10,11,13);1H/t6-;/m0./s1. The normalized spacial score (nSPS) is 11.1. The Labute approximate surface area is 95.1 Å². The third-order valence-electron chi connectivity index (χ3n) is 1.58. The van der Waals surface area contributed by atoms with Crippen molar-refractivity contribution in [3.63, 3.8) is 0 Å². The molecule has 0 heterocycles. The molecule has 1 atom stereocenters. The highest BCUT2D eigenvalue weighted by atomic mass is 35.5. The zero-order valence-electron chi connectivity index (χ0n) is 8.69. The van der Waals surface area contributed by atoms with Crippen LogP contribution in [-0.4, -0.2) is 31.2 Å². The first kappa shape index (κ1) is 16.4. The molecule has 0 aromatic carbocycles. The van der Waals surface area contributed by atoms with E-state index in [1.165, 1.54) is 0 Å². The number of nitrogens with two attached hydrogens (primary N) is 2. The van der Waals surface area contributed by atoms with Gasteiger partial charge >= 0.3 is 12.0 Å². The quantitative estimate of drug-likeness (QED) is 0.439. The fraction of sp³-hybridized carbons (Fsp3) is 0.750. The lowest BCUT2D eigenvalue weighted by Gasteiger charge is -2.09. The molecule has 0 aromatic heterocycles. The summed E-state index contributed by atoms with van der Waals surface area (Å²) in [5.74, 6) is -0.411. The average Bonchev–Trinajstić information content (AvgIpc) is 2.12. The van der Waals surface area contributed by atoms with Crippen molar-refractivity contribution in [1.82, 2.24) is 5.32 Å². The van der Waals surface area contributed by atoms with Gasteiger partial charge in [-0.05, 0) is 19.8 Å². The Hall–Kier alpha value is -1.01. The van der Waals surface area contributed by atoms with Crippen molar-refractivity contribution in [2.45, 2.75) is 25.8 Å². The highest BCUT2D eigenvalue weighted by Gasteiger charge is 2.13. The van der Waals surface area contributed by atoms with Crippen LogP contribution in [0.5, 0.6) is 0 Å². The van der Waals surface area contributed by atoms with E-state index in [1.54, 1.807) is 6.92 Å². The number of ether oxygens (including phenoxy) is 1. The summed E-state index contributed by atoms with van der Waals surface area (Å²) in [5.41, 5.74) is 10.3. The molecule has 0 spiro atoms. The molecule has 0 rings (SSSR count). The molecule has 0 aliphatic carbocycles. The first-order valence-electron chi connectivity index (χ1n) is 4.53. The highest BCUT2D eigenvalue weighted by Crippen LogP contribution is 1.95. The summed E-state index contributed by atoms with van der Waals surface area (Å²) in [7, 11) is 0. The molecule has 5 N–H and O–H groups in total. The minimum atomic E-state index is -0.621. The molecule has 0 aliphatic heterocycles. The predicted octanol–water partition coefficient (Wildman–Crippen LogP) is -0.253. The van der Waals surface area contributed by atoms with Gasteiger partial charge in [0.2, 0.25) is 0 Å². The molecular formula is C8H18ClN3O3. The maximum Gasteiger partial charge on any atom is 0.322 e. The number of halogens is 1. The van der Waals surface area contributed by atoms with E-state index in [-0.39, 0.29) is 12.4 Å². The van der Waals surface area contributed by atoms with Crippen LogP contribution in [0.4, 0.5) is 4.79 Å². The van der Waals surface area contributed by atoms with E-state index in [1.807, 2.05) is 0 Å². The number of rotatable bonds is 6. The maximum atomic E-state index is 11.0. The minimum Gasteiger partial charge on any atom is -0.465 e. The molecule has 2 amide bonds. The van der Waals surface area contributed by atoms with Gasteiger partial charge in [0.1, 0.15) is 6.04 Å². The van der Waals surface area contributed by atoms with Crippen LogP contribution in [0.15, 0.2) is 0 Å². The van der Waals surface area contributed by atoms with Crippen LogP contribution in [0.3, 0.4) is 0 Å². The second-order valence-electron chi connectivity index (χ2n) is 2.79. The monoisotopic (exact) mass is 239 g/mol. The minimum absolute atomic E-state index is 0. The van der Waals surface area contributed by atoms with Crippen LogP contribution < -0.4 is 16.8 Å². The van der Waals surface area contributed by atoms with E-state index < -0.39 is 18.0 Å². The van der Waals surface area contributed by atoms with Crippen molar-refractivity contribution >= 4 is 24.4 Å².